The first-order chi connectivity index (χ1) is 11.6. The fourth-order valence-corrected chi connectivity index (χ4v) is 4.45. The van der Waals surface area contributed by atoms with Crippen LogP contribution in [0.25, 0.3) is 0 Å². The summed E-state index contributed by atoms with van der Waals surface area (Å²) in [5.41, 5.74) is 0. The molecule has 0 aromatic carbocycles. The van der Waals surface area contributed by atoms with E-state index >= 15 is 0 Å². The second-order valence-corrected chi connectivity index (χ2v) is 8.42. The van der Waals surface area contributed by atoms with Gasteiger partial charge < -0.3 is 0 Å². The maximum Gasteiger partial charge on any atom is 0.389 e. The summed E-state index contributed by atoms with van der Waals surface area (Å²) >= 11 is 12.5. The monoisotopic (exact) mass is 434 g/mol. The average Bonchev–Trinajstić information content (AvgIpc) is 2.48. The first-order valence-corrected chi connectivity index (χ1v) is 10.5. The topological polar surface area (TPSA) is 0 Å². The molecule has 0 saturated heterocycles. The summed E-state index contributed by atoms with van der Waals surface area (Å²) in [4.78, 5) is 0. The molecule has 2 atom stereocenters. The zero-order valence-electron chi connectivity index (χ0n) is 14.1. The van der Waals surface area contributed by atoms with E-state index in [2.05, 4.69) is 0 Å². The van der Waals surface area contributed by atoms with Crippen LogP contribution in [0.3, 0.4) is 0 Å². The van der Waals surface area contributed by atoms with Crippen molar-refractivity contribution in [3.8, 4) is 0 Å². The Balaban J connectivity index is 4.68. The van der Waals surface area contributed by atoms with E-state index in [1.54, 1.807) is 0 Å². The predicted octanol–water partition coefficient (Wildman–Crippen LogP) is 7.96. The minimum Gasteiger partial charge on any atom is -0.171 e. The molecule has 0 fully saturated rings. The van der Waals surface area contributed by atoms with Crippen LogP contribution < -0.4 is 0 Å². The fourth-order valence-electron chi connectivity index (χ4n) is 2.42. The van der Waals surface area contributed by atoms with Gasteiger partial charge in [-0.05, 0) is 38.5 Å². The van der Waals surface area contributed by atoms with Crippen LogP contribution in [0.15, 0.2) is 0 Å². The average molecular weight is 435 g/mol. The molecule has 0 aliphatic rings. The minimum atomic E-state index is -4.24. The Labute approximate surface area is 160 Å². The smallest absolute Gasteiger partial charge is 0.171 e. The number of unbranched alkanes of at least 4 members (excludes halogenated alkanes) is 2. The van der Waals surface area contributed by atoms with Gasteiger partial charge in [0.05, 0.1) is 0 Å². The SMILES string of the molecule is FC(F)(F)CCC(CCCCCl)SC(CCCCCl)CCC(F)(F)F. The third kappa shape index (κ3) is 17.7. The van der Waals surface area contributed by atoms with Crippen molar-refractivity contribution in [1.82, 2.24) is 0 Å². The highest BCUT2D eigenvalue weighted by atomic mass is 35.5. The number of hydrogen-bond acceptors (Lipinski definition) is 1. The van der Waals surface area contributed by atoms with E-state index in [0.29, 0.717) is 50.3 Å². The van der Waals surface area contributed by atoms with E-state index in [4.69, 9.17) is 23.2 Å². The Bertz CT molecular complexity index is 293. The van der Waals surface area contributed by atoms with Gasteiger partial charge in [0, 0.05) is 35.1 Å². The third-order valence-corrected chi connectivity index (χ3v) is 5.95. The molecule has 0 aromatic rings. The maximum absolute atomic E-state index is 12.5. The summed E-state index contributed by atoms with van der Waals surface area (Å²) in [6.45, 7) is 0. The largest absolute Gasteiger partial charge is 0.389 e. The number of alkyl halides is 8. The normalized spacial score (nSPS) is 15.4. The van der Waals surface area contributed by atoms with E-state index in [0.717, 1.165) is 0 Å². The molecular weight excluding hydrogens is 409 g/mol. The Morgan fingerprint density at radius 3 is 1.24 bits per heavy atom. The third-order valence-electron chi connectivity index (χ3n) is 3.70. The van der Waals surface area contributed by atoms with Gasteiger partial charge in [0.1, 0.15) is 0 Å². The molecular formula is C16H26Cl2F6S. The quantitative estimate of drug-likeness (QED) is 0.152. The second-order valence-electron chi connectivity index (χ2n) is 6.06. The molecule has 25 heavy (non-hydrogen) atoms. The Morgan fingerprint density at radius 2 is 0.960 bits per heavy atom. The van der Waals surface area contributed by atoms with Crippen molar-refractivity contribution in [3.63, 3.8) is 0 Å². The van der Waals surface area contributed by atoms with Crippen LogP contribution in [0.5, 0.6) is 0 Å². The van der Waals surface area contributed by atoms with Crippen molar-refractivity contribution in [2.75, 3.05) is 11.8 Å². The molecule has 0 aromatic heterocycles. The lowest BCUT2D eigenvalue weighted by Gasteiger charge is -2.24. The first kappa shape index (κ1) is 25.5. The first-order valence-electron chi connectivity index (χ1n) is 8.48. The van der Waals surface area contributed by atoms with E-state index in [9.17, 15) is 26.3 Å². The van der Waals surface area contributed by atoms with Gasteiger partial charge in [0.2, 0.25) is 0 Å². The molecule has 9 heteroatoms. The molecule has 0 spiro atoms. The van der Waals surface area contributed by atoms with E-state index < -0.39 is 25.2 Å². The van der Waals surface area contributed by atoms with Gasteiger partial charge in [-0.15, -0.1) is 23.2 Å². The number of rotatable bonds is 14. The highest BCUT2D eigenvalue weighted by Gasteiger charge is 2.31. The van der Waals surface area contributed by atoms with Crippen molar-refractivity contribution < 1.29 is 26.3 Å². The summed E-state index contributed by atoms with van der Waals surface area (Å²) in [5, 5.41) is -0.585. The van der Waals surface area contributed by atoms with Crippen molar-refractivity contribution >= 4 is 35.0 Å². The molecule has 152 valence electrons. The minimum absolute atomic E-state index is 0.0610. The molecule has 0 bridgehead atoms. The highest BCUT2D eigenvalue weighted by Crippen LogP contribution is 2.36. The van der Waals surface area contributed by atoms with Crippen LogP contribution in [0.1, 0.15) is 64.2 Å². The van der Waals surface area contributed by atoms with E-state index in [-0.39, 0.29) is 23.3 Å². The van der Waals surface area contributed by atoms with Crippen LogP contribution in [0.4, 0.5) is 26.3 Å². The zero-order chi connectivity index (χ0) is 19.3. The molecule has 0 aliphatic heterocycles. The highest BCUT2D eigenvalue weighted by molar-refractivity contribution is 8.00. The summed E-state index contributed by atoms with van der Waals surface area (Å²) < 4.78 is 75.0. The van der Waals surface area contributed by atoms with Gasteiger partial charge in [0.25, 0.3) is 0 Å². The van der Waals surface area contributed by atoms with Gasteiger partial charge in [-0.2, -0.15) is 38.1 Å². The number of thioether (sulfide) groups is 1. The fraction of sp³-hybridized carbons (Fsp3) is 1.00. The molecule has 0 aliphatic carbocycles. The molecule has 2 unspecified atom stereocenters. The Kier molecular flexibility index (Phi) is 13.9. The van der Waals surface area contributed by atoms with Gasteiger partial charge in [-0.3, -0.25) is 0 Å². The van der Waals surface area contributed by atoms with Crippen molar-refractivity contribution in [1.29, 1.82) is 0 Å². The Morgan fingerprint density at radius 1 is 0.600 bits per heavy atom. The molecule has 0 heterocycles. The van der Waals surface area contributed by atoms with Gasteiger partial charge in [-0.1, -0.05) is 12.8 Å². The van der Waals surface area contributed by atoms with Crippen molar-refractivity contribution in [3.05, 3.63) is 0 Å². The molecule has 0 rings (SSSR count). The number of halogens is 8. The summed E-state index contributed by atoms with van der Waals surface area (Å²) in [7, 11) is 0. The summed E-state index contributed by atoms with van der Waals surface area (Å²) in [6.07, 6.45) is -6.55. The van der Waals surface area contributed by atoms with Crippen LogP contribution in [-0.4, -0.2) is 34.6 Å². The lowest BCUT2D eigenvalue weighted by atomic mass is 10.1. The summed E-state index contributed by atoms with van der Waals surface area (Å²) in [5.74, 6) is 0.869. The van der Waals surface area contributed by atoms with Crippen LogP contribution >= 0.6 is 35.0 Å². The standard InChI is InChI=1S/C16H26Cl2F6S/c17-11-3-1-5-13(7-9-15(19,20)21)25-14(6-2-4-12-18)8-10-16(22,23)24/h13-14H,1-12H2. The predicted molar refractivity (Wildman–Crippen MR) is 94.9 cm³/mol. The zero-order valence-corrected chi connectivity index (χ0v) is 16.4. The Hall–Kier alpha value is 0.510. The van der Waals surface area contributed by atoms with Crippen LogP contribution in [0, 0.1) is 0 Å². The second kappa shape index (κ2) is 13.6. The lowest BCUT2D eigenvalue weighted by Crippen LogP contribution is -2.18. The lowest BCUT2D eigenvalue weighted by molar-refractivity contribution is -0.136. The van der Waals surface area contributed by atoms with E-state index in [1.807, 2.05) is 0 Å². The van der Waals surface area contributed by atoms with E-state index in [1.165, 1.54) is 11.8 Å². The van der Waals surface area contributed by atoms with Crippen molar-refractivity contribution in [2.24, 2.45) is 0 Å². The molecule has 0 nitrogen and oxygen atoms in total. The van der Waals surface area contributed by atoms with Crippen LogP contribution in [0.2, 0.25) is 0 Å². The molecule has 0 amide bonds. The molecule has 0 radical (unpaired) electrons. The van der Waals surface area contributed by atoms with Gasteiger partial charge in [0.15, 0.2) is 0 Å². The van der Waals surface area contributed by atoms with Gasteiger partial charge >= 0.3 is 12.4 Å². The summed E-state index contributed by atoms with van der Waals surface area (Å²) in [6, 6.07) is 0. The molecule has 0 saturated carbocycles. The van der Waals surface area contributed by atoms with Gasteiger partial charge in [-0.25, -0.2) is 0 Å². The van der Waals surface area contributed by atoms with Crippen molar-refractivity contribution in [2.45, 2.75) is 87.1 Å². The maximum atomic E-state index is 12.5. The molecule has 0 N–H and O–H groups in total. The van der Waals surface area contributed by atoms with Crippen LogP contribution in [-0.2, 0) is 0 Å². The number of hydrogen-bond donors (Lipinski definition) is 0.